The van der Waals surface area contributed by atoms with Crippen molar-refractivity contribution in [1.29, 1.82) is 0 Å². The predicted molar refractivity (Wildman–Crippen MR) is 138 cm³/mol. The fourth-order valence-corrected chi connectivity index (χ4v) is 3.95. The van der Waals surface area contributed by atoms with Gasteiger partial charge in [-0.2, -0.15) is 5.10 Å². The summed E-state index contributed by atoms with van der Waals surface area (Å²) in [5.74, 6) is 0.360. The number of ether oxygens (including phenoxy) is 3. The standard InChI is InChI=1S/C26H24N4O5S/c1-3-34-23-14-17(12-13-22(23)35-25(32)18-8-4-7-11-21(18)33-2)15-27-30-24(31)16-36-26-28-19-9-5-6-10-20(19)29-26/h4-15H,3,16H2,1-2H3,(H,28,29)(H,30,31)/b27-15+. The van der Waals surface area contributed by atoms with Gasteiger partial charge in [-0.1, -0.05) is 36.0 Å². The average Bonchev–Trinajstić information content (AvgIpc) is 3.32. The molecule has 9 nitrogen and oxygen atoms in total. The molecule has 0 aliphatic heterocycles. The van der Waals surface area contributed by atoms with E-state index in [1.165, 1.54) is 25.1 Å². The Bertz CT molecular complexity index is 1370. The zero-order valence-corrected chi connectivity index (χ0v) is 20.5. The van der Waals surface area contributed by atoms with Crippen LogP contribution in [0.25, 0.3) is 11.0 Å². The summed E-state index contributed by atoms with van der Waals surface area (Å²) in [5, 5.41) is 4.67. The van der Waals surface area contributed by atoms with Crippen molar-refractivity contribution in [3.8, 4) is 17.2 Å². The number of nitrogens with one attached hydrogen (secondary N) is 2. The predicted octanol–water partition coefficient (Wildman–Crippen LogP) is 4.43. The van der Waals surface area contributed by atoms with Crippen LogP contribution in [0.2, 0.25) is 0 Å². The van der Waals surface area contributed by atoms with Crippen LogP contribution in [0.3, 0.4) is 0 Å². The lowest BCUT2D eigenvalue weighted by molar-refractivity contribution is -0.118. The van der Waals surface area contributed by atoms with E-state index in [2.05, 4.69) is 20.5 Å². The second-order valence-electron chi connectivity index (χ2n) is 7.37. The maximum absolute atomic E-state index is 12.7. The topological polar surface area (TPSA) is 115 Å². The van der Waals surface area contributed by atoms with Crippen LogP contribution in [-0.4, -0.2) is 47.5 Å². The molecular weight excluding hydrogens is 480 g/mol. The molecule has 36 heavy (non-hydrogen) atoms. The summed E-state index contributed by atoms with van der Waals surface area (Å²) >= 11 is 1.29. The summed E-state index contributed by atoms with van der Waals surface area (Å²) < 4.78 is 16.4. The fraction of sp³-hybridized carbons (Fsp3) is 0.154. The number of imidazole rings is 1. The van der Waals surface area contributed by atoms with Crippen molar-refractivity contribution in [1.82, 2.24) is 15.4 Å². The zero-order valence-electron chi connectivity index (χ0n) is 19.7. The number of aromatic nitrogens is 2. The molecule has 1 heterocycles. The smallest absolute Gasteiger partial charge is 0.347 e. The SMILES string of the molecule is CCOc1cc(/C=N/NC(=O)CSc2nc3ccccc3[nH]2)ccc1OC(=O)c1ccccc1OC. The fourth-order valence-electron chi connectivity index (χ4n) is 3.27. The van der Waals surface area contributed by atoms with E-state index < -0.39 is 5.97 Å². The third kappa shape index (κ3) is 6.22. The first-order valence-corrected chi connectivity index (χ1v) is 12.1. The van der Waals surface area contributed by atoms with Crippen molar-refractivity contribution >= 4 is 40.9 Å². The normalized spacial score (nSPS) is 10.9. The van der Waals surface area contributed by atoms with Crippen LogP contribution < -0.4 is 19.6 Å². The summed E-state index contributed by atoms with van der Waals surface area (Å²) in [6, 6.07) is 19.5. The summed E-state index contributed by atoms with van der Waals surface area (Å²) in [7, 11) is 1.49. The molecule has 4 aromatic rings. The minimum absolute atomic E-state index is 0.152. The number of hydrazone groups is 1. The third-order valence-corrected chi connectivity index (χ3v) is 5.78. The number of fused-ring (bicyclic) bond motifs is 1. The van der Waals surface area contributed by atoms with Gasteiger partial charge in [0.2, 0.25) is 0 Å². The van der Waals surface area contributed by atoms with Gasteiger partial charge in [-0.3, -0.25) is 4.79 Å². The minimum atomic E-state index is -0.566. The van der Waals surface area contributed by atoms with Gasteiger partial charge in [-0.15, -0.1) is 0 Å². The molecule has 0 aliphatic rings. The number of hydrogen-bond acceptors (Lipinski definition) is 8. The van der Waals surface area contributed by atoms with Gasteiger partial charge in [0.15, 0.2) is 16.7 Å². The summed E-state index contributed by atoms with van der Waals surface area (Å²) in [6.45, 7) is 2.20. The van der Waals surface area contributed by atoms with Crippen molar-refractivity contribution in [2.75, 3.05) is 19.5 Å². The van der Waals surface area contributed by atoms with Gasteiger partial charge < -0.3 is 19.2 Å². The monoisotopic (exact) mass is 504 g/mol. The largest absolute Gasteiger partial charge is 0.496 e. The number of thioether (sulfide) groups is 1. The lowest BCUT2D eigenvalue weighted by atomic mass is 10.2. The molecule has 0 bridgehead atoms. The molecule has 0 fully saturated rings. The van der Waals surface area contributed by atoms with Crippen molar-refractivity contribution in [3.05, 3.63) is 77.9 Å². The highest BCUT2D eigenvalue weighted by molar-refractivity contribution is 7.99. The lowest BCUT2D eigenvalue weighted by Gasteiger charge is -2.12. The number of hydrogen-bond donors (Lipinski definition) is 2. The molecule has 2 N–H and O–H groups in total. The number of methoxy groups -OCH3 is 1. The Balaban J connectivity index is 1.36. The van der Waals surface area contributed by atoms with E-state index in [-0.39, 0.29) is 17.4 Å². The van der Waals surface area contributed by atoms with Crippen LogP contribution >= 0.6 is 11.8 Å². The minimum Gasteiger partial charge on any atom is -0.496 e. The zero-order chi connectivity index (χ0) is 25.3. The molecule has 3 aromatic carbocycles. The first-order valence-electron chi connectivity index (χ1n) is 11.1. The van der Waals surface area contributed by atoms with Crippen LogP contribution in [0.4, 0.5) is 0 Å². The molecule has 0 aliphatic carbocycles. The number of benzene rings is 3. The van der Waals surface area contributed by atoms with Crippen molar-refractivity contribution in [2.24, 2.45) is 5.10 Å². The van der Waals surface area contributed by atoms with Gasteiger partial charge >= 0.3 is 5.97 Å². The van der Waals surface area contributed by atoms with E-state index in [1.807, 2.05) is 31.2 Å². The molecular formula is C26H24N4O5S. The molecule has 184 valence electrons. The maximum atomic E-state index is 12.7. The number of aromatic amines is 1. The van der Waals surface area contributed by atoms with Gasteiger partial charge in [-0.05, 0) is 55.0 Å². The molecule has 1 amide bonds. The molecule has 0 unspecified atom stereocenters. The Morgan fingerprint density at radius 1 is 1.06 bits per heavy atom. The number of carbonyl (C=O) groups is 2. The molecule has 0 radical (unpaired) electrons. The maximum Gasteiger partial charge on any atom is 0.347 e. The number of carbonyl (C=O) groups excluding carboxylic acids is 2. The Morgan fingerprint density at radius 3 is 2.67 bits per heavy atom. The van der Waals surface area contributed by atoms with Gasteiger partial charge in [0.1, 0.15) is 11.3 Å². The molecule has 0 atom stereocenters. The van der Waals surface area contributed by atoms with E-state index in [0.29, 0.717) is 34.4 Å². The molecule has 4 rings (SSSR count). The number of H-pyrrole nitrogens is 1. The first-order chi connectivity index (χ1) is 17.6. The average molecular weight is 505 g/mol. The van der Waals surface area contributed by atoms with Crippen molar-refractivity contribution in [2.45, 2.75) is 12.1 Å². The number of nitrogens with zero attached hydrogens (tertiary/aromatic N) is 2. The molecule has 0 saturated carbocycles. The van der Waals surface area contributed by atoms with Crippen molar-refractivity contribution in [3.63, 3.8) is 0 Å². The summed E-state index contributed by atoms with van der Waals surface area (Å²) in [4.78, 5) is 32.4. The molecule has 0 saturated heterocycles. The van der Waals surface area contributed by atoms with E-state index in [1.54, 1.807) is 42.5 Å². The van der Waals surface area contributed by atoms with Crippen molar-refractivity contribution < 1.29 is 23.8 Å². The van der Waals surface area contributed by atoms with Crippen LogP contribution in [0, 0.1) is 0 Å². The number of rotatable bonds is 10. The molecule has 1 aromatic heterocycles. The van der Waals surface area contributed by atoms with Crippen LogP contribution in [0.5, 0.6) is 17.2 Å². The van der Waals surface area contributed by atoms with E-state index in [9.17, 15) is 9.59 Å². The Hall–Kier alpha value is -4.31. The molecule has 10 heteroatoms. The highest BCUT2D eigenvalue weighted by atomic mass is 32.2. The van der Waals surface area contributed by atoms with Gasteiger partial charge in [0.05, 0.1) is 36.7 Å². The lowest BCUT2D eigenvalue weighted by Crippen LogP contribution is -2.19. The van der Waals surface area contributed by atoms with Crippen LogP contribution in [0.15, 0.2) is 77.0 Å². The number of para-hydroxylation sites is 3. The molecule has 0 spiro atoms. The number of esters is 1. The van der Waals surface area contributed by atoms with Gasteiger partial charge in [-0.25, -0.2) is 15.2 Å². The second-order valence-corrected chi connectivity index (χ2v) is 8.33. The Labute approximate surface area is 211 Å². The first kappa shape index (κ1) is 24.8. The highest BCUT2D eigenvalue weighted by Crippen LogP contribution is 2.30. The number of amides is 1. The van der Waals surface area contributed by atoms with Crippen LogP contribution in [0.1, 0.15) is 22.8 Å². The van der Waals surface area contributed by atoms with Crippen LogP contribution in [-0.2, 0) is 4.79 Å². The highest BCUT2D eigenvalue weighted by Gasteiger charge is 2.17. The third-order valence-electron chi connectivity index (χ3n) is 4.91. The van der Waals surface area contributed by atoms with Gasteiger partial charge in [0, 0.05) is 0 Å². The second kappa shape index (κ2) is 11.9. The van der Waals surface area contributed by atoms with E-state index >= 15 is 0 Å². The van der Waals surface area contributed by atoms with Gasteiger partial charge in [0.25, 0.3) is 5.91 Å². The summed E-state index contributed by atoms with van der Waals surface area (Å²) in [6.07, 6.45) is 1.48. The van der Waals surface area contributed by atoms with E-state index in [4.69, 9.17) is 14.2 Å². The Kier molecular flexibility index (Phi) is 8.20. The Morgan fingerprint density at radius 2 is 1.86 bits per heavy atom. The summed E-state index contributed by atoms with van der Waals surface area (Å²) in [5.41, 5.74) is 5.22. The quantitative estimate of drug-likeness (QED) is 0.108. The van der Waals surface area contributed by atoms with E-state index in [0.717, 1.165) is 11.0 Å².